The van der Waals surface area contributed by atoms with Crippen LogP contribution < -0.4 is 0 Å². The Kier molecular flexibility index (Phi) is 4.27. The molecule has 0 heteroatoms. The Balaban J connectivity index is 1.65. The van der Waals surface area contributed by atoms with Gasteiger partial charge in [-0.2, -0.15) is 0 Å². The fourth-order valence-electron chi connectivity index (χ4n) is 8.00. The first-order valence-electron chi connectivity index (χ1n) is 14.7. The van der Waals surface area contributed by atoms with E-state index in [1.165, 1.54) is 97.7 Å². The number of benzene rings is 8. The summed E-state index contributed by atoms with van der Waals surface area (Å²) in [5.74, 6) is 0. The predicted octanol–water partition coefficient (Wildman–Crippen LogP) is 12.0. The van der Waals surface area contributed by atoms with E-state index in [1.54, 1.807) is 0 Å². The van der Waals surface area contributed by atoms with E-state index in [1.807, 2.05) is 0 Å². The third kappa shape index (κ3) is 2.67. The Labute approximate surface area is 242 Å². The predicted molar refractivity (Wildman–Crippen MR) is 182 cm³/mol. The van der Waals surface area contributed by atoms with Gasteiger partial charge in [-0.3, -0.25) is 0 Å². The lowest BCUT2D eigenvalue weighted by Crippen LogP contribution is -1.92. The molecular weight excluding hydrogens is 504 g/mol. The van der Waals surface area contributed by atoms with Gasteiger partial charge in [0, 0.05) is 0 Å². The number of fused-ring (bicyclic) bond motifs is 9. The van der Waals surface area contributed by atoms with Crippen LogP contribution in [0.2, 0.25) is 0 Å². The molecule has 0 saturated heterocycles. The van der Waals surface area contributed by atoms with Crippen molar-refractivity contribution in [3.63, 3.8) is 0 Å². The lowest BCUT2D eigenvalue weighted by atomic mass is 9.82. The molecule has 0 aliphatic heterocycles. The highest BCUT2D eigenvalue weighted by molar-refractivity contribution is 6.48. The third-order valence-corrected chi connectivity index (χ3v) is 9.52. The topological polar surface area (TPSA) is 0 Å². The maximum atomic E-state index is 2.36. The minimum atomic E-state index is 1.26. The van der Waals surface area contributed by atoms with E-state index in [2.05, 4.69) is 146 Å². The third-order valence-electron chi connectivity index (χ3n) is 9.52. The van der Waals surface area contributed by atoms with Crippen molar-refractivity contribution < 1.29 is 0 Å². The van der Waals surface area contributed by atoms with E-state index < -0.39 is 0 Å². The molecular formula is C42H24. The van der Waals surface area contributed by atoms with Gasteiger partial charge in [0.15, 0.2) is 0 Å². The van der Waals surface area contributed by atoms with Crippen molar-refractivity contribution in [2.24, 2.45) is 0 Å². The van der Waals surface area contributed by atoms with E-state index in [9.17, 15) is 0 Å². The van der Waals surface area contributed by atoms with Crippen LogP contribution in [0.4, 0.5) is 0 Å². The van der Waals surface area contributed by atoms with Crippen LogP contribution in [0.1, 0.15) is 0 Å². The Morgan fingerprint density at radius 3 is 0.905 bits per heavy atom. The minimum absolute atomic E-state index is 1.26. The van der Waals surface area contributed by atoms with Gasteiger partial charge in [0.1, 0.15) is 0 Å². The number of hydrogen-bond donors (Lipinski definition) is 0. The van der Waals surface area contributed by atoms with Crippen LogP contribution >= 0.6 is 0 Å². The van der Waals surface area contributed by atoms with Gasteiger partial charge in [-0.15, -0.1) is 0 Å². The first-order chi connectivity index (χ1) is 20.9. The molecule has 0 nitrogen and oxygen atoms in total. The summed E-state index contributed by atoms with van der Waals surface area (Å²) in [5, 5.41) is 18.8. The lowest BCUT2D eigenvalue weighted by molar-refractivity contribution is 1.68. The van der Waals surface area contributed by atoms with Crippen LogP contribution in [-0.2, 0) is 0 Å². The maximum Gasteiger partial charge on any atom is -0.000718 e. The zero-order valence-corrected chi connectivity index (χ0v) is 22.9. The van der Waals surface area contributed by atoms with Crippen LogP contribution in [0.5, 0.6) is 0 Å². The van der Waals surface area contributed by atoms with Crippen molar-refractivity contribution in [1.82, 2.24) is 0 Å². The van der Waals surface area contributed by atoms with Crippen LogP contribution in [0, 0.1) is 0 Å². The maximum absolute atomic E-state index is 2.36. The number of rotatable bonds is 2. The summed E-state index contributed by atoms with van der Waals surface area (Å²) in [5.41, 5.74) is 5.21. The molecule has 10 aromatic carbocycles. The standard InChI is InChI=1S/C42H24/c1-3-13-25(14-4-1)35-39-31-19-9-7-17-27(31)29-21-12-24-34(37(29)39)42-36(26-15-5-2-6-16-26)40-32-20-10-8-18-28(32)30-22-11-23-33(38(30)40)41(35)42/h1-24H. The normalized spacial score (nSPS) is 12.3. The Bertz CT molecular complexity index is 2460. The minimum Gasteiger partial charge on any atom is -0.0622 e. The molecule has 0 atom stereocenters. The van der Waals surface area contributed by atoms with Crippen molar-refractivity contribution in [3.05, 3.63) is 146 Å². The van der Waals surface area contributed by atoms with Crippen LogP contribution in [0.3, 0.4) is 0 Å². The molecule has 0 unspecified atom stereocenters. The van der Waals surface area contributed by atoms with Crippen LogP contribution in [-0.4, -0.2) is 0 Å². The zero-order chi connectivity index (χ0) is 27.4. The van der Waals surface area contributed by atoms with Crippen molar-refractivity contribution in [2.75, 3.05) is 0 Å². The molecule has 192 valence electrons. The molecule has 0 aliphatic rings. The molecule has 0 aliphatic carbocycles. The van der Waals surface area contributed by atoms with Gasteiger partial charge >= 0.3 is 0 Å². The highest BCUT2D eigenvalue weighted by atomic mass is 14.3. The summed E-state index contributed by atoms with van der Waals surface area (Å²) in [6.45, 7) is 0. The molecule has 10 rings (SSSR count). The Hall–Kier alpha value is -5.46. The molecule has 0 fully saturated rings. The van der Waals surface area contributed by atoms with Crippen molar-refractivity contribution >= 4 is 75.4 Å². The van der Waals surface area contributed by atoms with Gasteiger partial charge in [0.25, 0.3) is 0 Å². The van der Waals surface area contributed by atoms with Gasteiger partial charge in [0.2, 0.25) is 0 Å². The Morgan fingerprint density at radius 1 is 0.190 bits per heavy atom. The quantitative estimate of drug-likeness (QED) is 0.196. The van der Waals surface area contributed by atoms with E-state index in [0.29, 0.717) is 0 Å². The first kappa shape index (κ1) is 22.3. The summed E-state index contributed by atoms with van der Waals surface area (Å²) >= 11 is 0. The molecule has 42 heavy (non-hydrogen) atoms. The van der Waals surface area contributed by atoms with E-state index >= 15 is 0 Å². The average molecular weight is 529 g/mol. The van der Waals surface area contributed by atoms with Crippen molar-refractivity contribution in [1.29, 1.82) is 0 Å². The Morgan fingerprint density at radius 2 is 0.476 bits per heavy atom. The summed E-state index contributed by atoms with van der Waals surface area (Å²) in [6.07, 6.45) is 0. The summed E-state index contributed by atoms with van der Waals surface area (Å²) in [4.78, 5) is 0. The lowest BCUT2D eigenvalue weighted by Gasteiger charge is -2.20. The van der Waals surface area contributed by atoms with Crippen LogP contribution in [0.25, 0.3) is 97.7 Å². The summed E-state index contributed by atoms with van der Waals surface area (Å²) in [7, 11) is 0. The van der Waals surface area contributed by atoms with Gasteiger partial charge in [-0.1, -0.05) is 146 Å². The highest BCUT2D eigenvalue weighted by Crippen LogP contribution is 2.55. The van der Waals surface area contributed by atoms with Gasteiger partial charge in [0.05, 0.1) is 0 Å². The zero-order valence-electron chi connectivity index (χ0n) is 22.9. The summed E-state index contributed by atoms with van der Waals surface area (Å²) in [6, 6.07) is 54.0. The fourth-order valence-corrected chi connectivity index (χ4v) is 8.00. The smallest absolute Gasteiger partial charge is 0.000718 e. The molecule has 0 aromatic heterocycles. The average Bonchev–Trinajstić information content (AvgIpc) is 3.58. The molecule has 0 bridgehead atoms. The van der Waals surface area contributed by atoms with E-state index in [-0.39, 0.29) is 0 Å². The molecule has 0 saturated carbocycles. The molecule has 0 heterocycles. The van der Waals surface area contributed by atoms with Gasteiger partial charge in [-0.05, 0) is 97.7 Å². The summed E-state index contributed by atoms with van der Waals surface area (Å²) < 4.78 is 0. The van der Waals surface area contributed by atoms with Crippen molar-refractivity contribution in [2.45, 2.75) is 0 Å². The second kappa shape index (κ2) is 8.06. The largest absolute Gasteiger partial charge is 0.0622 e. The first-order valence-corrected chi connectivity index (χ1v) is 14.7. The van der Waals surface area contributed by atoms with E-state index in [0.717, 1.165) is 0 Å². The van der Waals surface area contributed by atoms with E-state index in [4.69, 9.17) is 0 Å². The van der Waals surface area contributed by atoms with Crippen molar-refractivity contribution in [3.8, 4) is 22.3 Å². The SMILES string of the molecule is c1ccc(-c2c3c4cccc5c6ccccc6c(c(-c6ccccc6)c3c3cccc6c7ccccc7c2c63)c54)cc1. The second-order valence-corrected chi connectivity index (χ2v) is 11.5. The van der Waals surface area contributed by atoms with Crippen LogP contribution in [0.15, 0.2) is 146 Å². The molecule has 0 amide bonds. The molecule has 0 radical (unpaired) electrons. The van der Waals surface area contributed by atoms with Gasteiger partial charge in [-0.25, -0.2) is 0 Å². The highest BCUT2D eigenvalue weighted by Gasteiger charge is 2.27. The second-order valence-electron chi connectivity index (χ2n) is 11.5. The fraction of sp³-hybridized carbons (Fsp3) is 0. The molecule has 0 spiro atoms. The monoisotopic (exact) mass is 528 g/mol. The number of hydrogen-bond acceptors (Lipinski definition) is 0. The molecule has 0 N–H and O–H groups in total. The molecule has 10 aromatic rings. The van der Waals surface area contributed by atoms with Gasteiger partial charge < -0.3 is 0 Å².